The summed E-state index contributed by atoms with van der Waals surface area (Å²) in [5, 5.41) is 12.8. The number of fused-ring (bicyclic) bond motifs is 1. The average Bonchev–Trinajstić information content (AvgIpc) is 3.48. The molecule has 1 unspecified atom stereocenters. The van der Waals surface area contributed by atoms with E-state index >= 15 is 0 Å². The van der Waals surface area contributed by atoms with Crippen molar-refractivity contribution in [3.63, 3.8) is 0 Å². The number of nitriles is 1. The third kappa shape index (κ3) is 4.25. The van der Waals surface area contributed by atoms with Crippen LogP contribution in [0.5, 0.6) is 11.5 Å². The number of carbonyl (C=O) groups excluding carboxylic acids is 1. The van der Waals surface area contributed by atoms with E-state index in [-0.39, 0.29) is 31.1 Å². The Labute approximate surface area is 202 Å². The molecule has 2 fully saturated rings. The second-order valence-corrected chi connectivity index (χ2v) is 9.09. The molecule has 1 saturated carbocycles. The normalized spacial score (nSPS) is 18.8. The summed E-state index contributed by atoms with van der Waals surface area (Å²) in [6.07, 6.45) is 7.51. The van der Waals surface area contributed by atoms with Crippen LogP contribution >= 0.6 is 0 Å². The molecule has 3 aromatic rings. The molecule has 1 amide bonds. The van der Waals surface area contributed by atoms with E-state index in [1.165, 1.54) is 0 Å². The lowest BCUT2D eigenvalue weighted by molar-refractivity contribution is -0.133. The Kier molecular flexibility index (Phi) is 5.45. The van der Waals surface area contributed by atoms with Crippen LogP contribution in [-0.4, -0.2) is 56.3 Å². The fourth-order valence-electron chi connectivity index (χ4n) is 4.70. The molecule has 178 valence electrons. The first-order valence-electron chi connectivity index (χ1n) is 11.9. The number of nitrogens with zero attached hydrogens (tertiary/aromatic N) is 6. The zero-order valence-corrected chi connectivity index (χ0v) is 19.2. The van der Waals surface area contributed by atoms with Gasteiger partial charge >= 0.3 is 0 Å². The Bertz CT molecular complexity index is 1310. The van der Waals surface area contributed by atoms with Gasteiger partial charge in [-0.2, -0.15) is 10.2 Å². The summed E-state index contributed by atoms with van der Waals surface area (Å²) in [7, 11) is 0. The largest absolute Gasteiger partial charge is 0.454 e. The van der Waals surface area contributed by atoms with Gasteiger partial charge in [0.1, 0.15) is 11.6 Å². The van der Waals surface area contributed by atoms with Gasteiger partial charge in [-0.15, -0.1) is 0 Å². The molecule has 0 bridgehead atoms. The molecule has 1 saturated heterocycles. The first-order chi connectivity index (χ1) is 17.2. The number of amides is 1. The number of hydrogen-bond acceptors (Lipinski definition) is 8. The zero-order valence-electron chi connectivity index (χ0n) is 19.2. The minimum Gasteiger partial charge on any atom is -0.454 e. The molecule has 6 rings (SSSR count). The van der Waals surface area contributed by atoms with Gasteiger partial charge in [0, 0.05) is 36.8 Å². The van der Waals surface area contributed by atoms with Crippen LogP contribution < -0.4 is 14.8 Å². The summed E-state index contributed by atoms with van der Waals surface area (Å²) in [6, 6.07) is 9.75. The van der Waals surface area contributed by atoms with Crippen molar-refractivity contribution in [3.05, 3.63) is 42.4 Å². The predicted molar refractivity (Wildman–Crippen MR) is 126 cm³/mol. The quantitative estimate of drug-likeness (QED) is 0.583. The lowest BCUT2D eigenvalue weighted by Crippen LogP contribution is -2.45. The Morgan fingerprint density at radius 3 is 2.91 bits per heavy atom. The third-order valence-electron chi connectivity index (χ3n) is 6.59. The van der Waals surface area contributed by atoms with Crippen molar-refractivity contribution in [2.75, 3.05) is 25.2 Å². The summed E-state index contributed by atoms with van der Waals surface area (Å²) in [4.78, 5) is 28.3. The minimum atomic E-state index is 0.0939. The van der Waals surface area contributed by atoms with E-state index in [9.17, 15) is 10.1 Å². The first kappa shape index (κ1) is 21.4. The van der Waals surface area contributed by atoms with E-state index in [0.29, 0.717) is 35.6 Å². The summed E-state index contributed by atoms with van der Waals surface area (Å²) >= 11 is 0. The molecule has 10 nitrogen and oxygen atoms in total. The number of aromatic nitrogens is 4. The van der Waals surface area contributed by atoms with Crippen molar-refractivity contribution >= 4 is 11.9 Å². The Morgan fingerprint density at radius 1 is 1.17 bits per heavy atom. The highest BCUT2D eigenvalue weighted by atomic mass is 16.7. The van der Waals surface area contributed by atoms with Crippen LogP contribution in [0.4, 0.5) is 5.95 Å². The van der Waals surface area contributed by atoms with Crippen molar-refractivity contribution in [2.45, 2.75) is 38.1 Å². The second kappa shape index (κ2) is 8.91. The number of ether oxygens (including phenoxy) is 2. The highest BCUT2D eigenvalue weighted by Crippen LogP contribution is 2.36. The second-order valence-electron chi connectivity index (χ2n) is 9.09. The Balaban J connectivity index is 1.28. The molecule has 4 heterocycles. The van der Waals surface area contributed by atoms with Gasteiger partial charge in [0.05, 0.1) is 24.4 Å². The summed E-state index contributed by atoms with van der Waals surface area (Å²) < 4.78 is 12.8. The highest BCUT2D eigenvalue weighted by Gasteiger charge is 2.35. The molecular weight excluding hydrogens is 446 g/mol. The fourth-order valence-corrected chi connectivity index (χ4v) is 4.70. The highest BCUT2D eigenvalue weighted by molar-refractivity contribution is 5.81. The molecule has 2 aromatic heterocycles. The van der Waals surface area contributed by atoms with Gasteiger partial charge in [0.25, 0.3) is 0 Å². The Morgan fingerprint density at radius 2 is 2.06 bits per heavy atom. The number of likely N-dealkylation sites (tertiary alicyclic amines) is 1. The van der Waals surface area contributed by atoms with Gasteiger partial charge < -0.3 is 19.7 Å². The monoisotopic (exact) mass is 471 g/mol. The third-order valence-corrected chi connectivity index (χ3v) is 6.59. The lowest BCUT2D eigenvalue weighted by Gasteiger charge is -2.33. The topological polar surface area (TPSA) is 118 Å². The van der Waals surface area contributed by atoms with Crippen molar-refractivity contribution < 1.29 is 14.3 Å². The lowest BCUT2D eigenvalue weighted by atomic mass is 10.1. The number of piperidine rings is 1. The maximum Gasteiger partial charge on any atom is 0.231 e. The van der Waals surface area contributed by atoms with Gasteiger partial charge in [0.2, 0.25) is 18.6 Å². The standard InChI is InChI=1S/C25H25N7O3/c26-9-7-19-13-28-23(17-5-6-20-21(12-17)35-15-34-20)32(19)22-8-10-27-25(30-22)29-18-2-1-11-31(14-18)24(33)16-3-4-16/h5-6,8,10,12-13,16,18H,1-4,7,11,14-15H2,(H,27,29,30). The molecule has 1 aliphatic carbocycles. The van der Waals surface area contributed by atoms with Crippen LogP contribution in [0.15, 0.2) is 36.7 Å². The molecule has 2 aliphatic heterocycles. The van der Waals surface area contributed by atoms with E-state index < -0.39 is 0 Å². The molecule has 10 heteroatoms. The van der Waals surface area contributed by atoms with Crippen LogP contribution in [0.3, 0.4) is 0 Å². The van der Waals surface area contributed by atoms with E-state index in [1.807, 2.05) is 27.7 Å². The van der Waals surface area contributed by atoms with Gasteiger partial charge in [-0.1, -0.05) is 0 Å². The van der Waals surface area contributed by atoms with Crippen molar-refractivity contribution in [2.24, 2.45) is 5.92 Å². The maximum atomic E-state index is 12.5. The molecule has 1 aromatic carbocycles. The SMILES string of the molecule is N#CCc1cnc(-c2ccc3c(c2)OCO3)n1-c1ccnc(NC2CCCN(C(=O)C3CC3)C2)n1. The zero-order chi connectivity index (χ0) is 23.8. The number of hydrogen-bond donors (Lipinski definition) is 1. The number of rotatable bonds is 6. The van der Waals surface area contributed by atoms with Crippen LogP contribution in [-0.2, 0) is 11.2 Å². The maximum absolute atomic E-state index is 12.5. The van der Waals surface area contributed by atoms with Gasteiger partial charge in [-0.3, -0.25) is 9.36 Å². The van der Waals surface area contributed by atoms with E-state index in [2.05, 4.69) is 21.4 Å². The van der Waals surface area contributed by atoms with Crippen LogP contribution in [0.2, 0.25) is 0 Å². The summed E-state index contributed by atoms with van der Waals surface area (Å²) in [6.45, 7) is 1.68. The van der Waals surface area contributed by atoms with Gasteiger partial charge in [-0.25, -0.2) is 9.97 Å². The van der Waals surface area contributed by atoms with Gasteiger partial charge in [0.15, 0.2) is 11.5 Å². The average molecular weight is 472 g/mol. The summed E-state index contributed by atoms with van der Waals surface area (Å²) in [5.74, 6) is 3.60. The van der Waals surface area contributed by atoms with Gasteiger partial charge in [-0.05, 0) is 49.9 Å². The van der Waals surface area contributed by atoms with E-state index in [0.717, 1.165) is 43.5 Å². The van der Waals surface area contributed by atoms with Crippen molar-refractivity contribution in [1.82, 2.24) is 24.4 Å². The molecule has 1 atom stereocenters. The first-order valence-corrected chi connectivity index (χ1v) is 11.9. The Hall–Kier alpha value is -4.13. The number of nitrogens with one attached hydrogen (secondary N) is 1. The minimum absolute atomic E-state index is 0.0939. The van der Waals surface area contributed by atoms with E-state index in [4.69, 9.17) is 14.5 Å². The van der Waals surface area contributed by atoms with Crippen LogP contribution in [0.1, 0.15) is 31.4 Å². The molecule has 35 heavy (non-hydrogen) atoms. The number of benzene rings is 1. The molecular formula is C25H25N7O3. The molecule has 1 N–H and O–H groups in total. The predicted octanol–water partition coefficient (Wildman–Crippen LogP) is 2.94. The smallest absolute Gasteiger partial charge is 0.231 e. The number of anilines is 1. The van der Waals surface area contributed by atoms with Crippen molar-refractivity contribution in [3.8, 4) is 34.8 Å². The molecule has 0 spiro atoms. The van der Waals surface area contributed by atoms with Crippen molar-refractivity contribution in [1.29, 1.82) is 5.26 Å². The summed E-state index contributed by atoms with van der Waals surface area (Å²) in [5.41, 5.74) is 1.55. The molecule has 0 radical (unpaired) electrons. The van der Waals surface area contributed by atoms with Crippen LogP contribution in [0, 0.1) is 17.2 Å². The van der Waals surface area contributed by atoms with E-state index in [1.54, 1.807) is 18.5 Å². The fraction of sp³-hybridized carbons (Fsp3) is 0.400. The number of carbonyl (C=O) groups is 1. The molecule has 3 aliphatic rings. The number of imidazole rings is 1. The van der Waals surface area contributed by atoms with Crippen LogP contribution in [0.25, 0.3) is 17.2 Å².